The number of carbonyl (C=O) groups excluding carboxylic acids is 1. The van der Waals surface area contributed by atoms with Gasteiger partial charge in [0.05, 0.1) is 13.1 Å². The number of rotatable bonds is 6. The van der Waals surface area contributed by atoms with Crippen LogP contribution >= 0.6 is 35.1 Å². The molecule has 2 aromatic rings. The predicted octanol–water partition coefficient (Wildman–Crippen LogP) is 3.62. The summed E-state index contributed by atoms with van der Waals surface area (Å²) in [5, 5.41) is 7.40. The Balaban J connectivity index is 0.00000176. The van der Waals surface area contributed by atoms with Crippen molar-refractivity contribution in [2.24, 2.45) is 11.8 Å². The van der Waals surface area contributed by atoms with Gasteiger partial charge in [-0.3, -0.25) is 4.79 Å². The summed E-state index contributed by atoms with van der Waals surface area (Å²) in [4.78, 5) is 17.3. The summed E-state index contributed by atoms with van der Waals surface area (Å²) in [7, 11) is 0. The first-order chi connectivity index (χ1) is 10.2. The molecule has 1 aliphatic heterocycles. The van der Waals surface area contributed by atoms with Crippen molar-refractivity contribution in [3.63, 3.8) is 0 Å². The van der Waals surface area contributed by atoms with Crippen LogP contribution in [-0.2, 0) is 17.9 Å². The molecule has 3 heterocycles. The molecule has 1 unspecified atom stereocenters. The highest BCUT2D eigenvalue weighted by Crippen LogP contribution is 2.23. The van der Waals surface area contributed by atoms with E-state index in [9.17, 15) is 4.79 Å². The highest BCUT2D eigenvalue weighted by atomic mass is 35.5. The van der Waals surface area contributed by atoms with Crippen LogP contribution in [0.1, 0.15) is 16.7 Å². The van der Waals surface area contributed by atoms with E-state index in [1.807, 2.05) is 17.0 Å². The third-order valence-corrected chi connectivity index (χ3v) is 5.80. The molecule has 1 amide bonds. The molecule has 1 aliphatic rings. The fourth-order valence-corrected chi connectivity index (χ4v) is 3.99. The zero-order valence-corrected chi connectivity index (χ0v) is 15.0. The smallest absolute Gasteiger partial charge is 0.226 e. The van der Waals surface area contributed by atoms with Gasteiger partial charge in [0.1, 0.15) is 0 Å². The van der Waals surface area contributed by atoms with Gasteiger partial charge in [0, 0.05) is 15.7 Å². The summed E-state index contributed by atoms with van der Waals surface area (Å²) >= 11 is 3.44. The van der Waals surface area contributed by atoms with Gasteiger partial charge in [-0.15, -0.1) is 35.1 Å². The van der Waals surface area contributed by atoms with Crippen LogP contribution in [0.15, 0.2) is 35.0 Å². The quantitative estimate of drug-likeness (QED) is 0.857. The molecule has 0 saturated carbocycles. The molecular weight excluding hydrogens is 336 g/mol. The van der Waals surface area contributed by atoms with Crippen molar-refractivity contribution in [2.75, 3.05) is 13.1 Å². The minimum atomic E-state index is 0. The Morgan fingerprint density at radius 3 is 2.14 bits per heavy atom. The average molecular weight is 357 g/mol. The maximum atomic E-state index is 12.8. The first-order valence-corrected chi connectivity index (χ1v) is 9.04. The molecule has 0 radical (unpaired) electrons. The molecule has 22 heavy (non-hydrogen) atoms. The highest BCUT2D eigenvalue weighted by Gasteiger charge is 2.31. The second-order valence-electron chi connectivity index (χ2n) is 5.56. The molecule has 1 saturated heterocycles. The predicted molar refractivity (Wildman–Crippen MR) is 95.7 cm³/mol. The maximum Gasteiger partial charge on any atom is 0.226 e. The Morgan fingerprint density at radius 2 is 1.77 bits per heavy atom. The summed E-state index contributed by atoms with van der Waals surface area (Å²) in [6.45, 7) is 5.46. The van der Waals surface area contributed by atoms with Crippen molar-refractivity contribution in [3.8, 4) is 0 Å². The Morgan fingerprint density at radius 1 is 1.23 bits per heavy atom. The highest BCUT2D eigenvalue weighted by molar-refractivity contribution is 7.10. The number of carbonyl (C=O) groups is 1. The topological polar surface area (TPSA) is 32.3 Å². The summed E-state index contributed by atoms with van der Waals surface area (Å²) in [5.41, 5.74) is 0. The standard InChI is InChI=1S/C16H20N2OS2.ClH/c1-12(13-8-17-9-13)16(19)18(10-14-4-2-6-20-14)11-15-5-3-7-21-15;/h2-7,12-13,17H,8-11H2,1H3;1H. The number of halogens is 1. The van der Waals surface area contributed by atoms with Crippen molar-refractivity contribution in [1.82, 2.24) is 10.2 Å². The van der Waals surface area contributed by atoms with Gasteiger partial charge < -0.3 is 10.2 Å². The molecule has 0 aromatic carbocycles. The van der Waals surface area contributed by atoms with Crippen LogP contribution < -0.4 is 5.32 Å². The van der Waals surface area contributed by atoms with Gasteiger partial charge in [0.25, 0.3) is 0 Å². The van der Waals surface area contributed by atoms with E-state index in [-0.39, 0.29) is 24.2 Å². The van der Waals surface area contributed by atoms with Crippen LogP contribution in [-0.4, -0.2) is 23.9 Å². The van der Waals surface area contributed by atoms with Crippen LogP contribution in [0.5, 0.6) is 0 Å². The fraction of sp³-hybridized carbons (Fsp3) is 0.438. The molecule has 3 nitrogen and oxygen atoms in total. The van der Waals surface area contributed by atoms with Gasteiger partial charge in [0.15, 0.2) is 0 Å². The molecule has 3 rings (SSSR count). The summed E-state index contributed by atoms with van der Waals surface area (Å²) < 4.78 is 0. The van der Waals surface area contributed by atoms with Crippen molar-refractivity contribution in [2.45, 2.75) is 20.0 Å². The average Bonchev–Trinajstić information content (AvgIpc) is 3.08. The van der Waals surface area contributed by atoms with Gasteiger partial charge in [-0.2, -0.15) is 0 Å². The van der Waals surface area contributed by atoms with Gasteiger partial charge >= 0.3 is 0 Å². The zero-order chi connectivity index (χ0) is 14.7. The van der Waals surface area contributed by atoms with Crippen molar-refractivity contribution >= 4 is 41.0 Å². The van der Waals surface area contributed by atoms with Crippen LogP contribution in [0, 0.1) is 11.8 Å². The lowest BCUT2D eigenvalue weighted by Gasteiger charge is -2.35. The first-order valence-electron chi connectivity index (χ1n) is 7.28. The largest absolute Gasteiger partial charge is 0.332 e. The number of thiophene rings is 2. The van der Waals surface area contributed by atoms with E-state index in [1.54, 1.807) is 22.7 Å². The Hall–Kier alpha value is -0.880. The summed E-state index contributed by atoms with van der Waals surface area (Å²) in [6, 6.07) is 8.31. The molecule has 0 aliphatic carbocycles. The van der Waals surface area contributed by atoms with E-state index >= 15 is 0 Å². The van der Waals surface area contributed by atoms with E-state index in [2.05, 4.69) is 35.1 Å². The van der Waals surface area contributed by atoms with Crippen molar-refractivity contribution in [3.05, 3.63) is 44.8 Å². The normalized spacial score (nSPS) is 15.7. The van der Waals surface area contributed by atoms with Gasteiger partial charge in [-0.1, -0.05) is 19.1 Å². The first kappa shape index (κ1) is 17.5. The number of hydrogen-bond donors (Lipinski definition) is 1. The fourth-order valence-electron chi connectivity index (χ4n) is 2.55. The van der Waals surface area contributed by atoms with Crippen molar-refractivity contribution in [1.29, 1.82) is 0 Å². The Kier molecular flexibility index (Phi) is 6.44. The van der Waals surface area contributed by atoms with Gasteiger partial charge in [-0.05, 0) is 41.9 Å². The van der Waals surface area contributed by atoms with Gasteiger partial charge in [0.2, 0.25) is 5.91 Å². The van der Waals surface area contributed by atoms with Crippen molar-refractivity contribution < 1.29 is 4.79 Å². The van der Waals surface area contributed by atoms with Gasteiger partial charge in [-0.25, -0.2) is 0 Å². The lowest BCUT2D eigenvalue weighted by Crippen LogP contribution is -2.50. The second-order valence-corrected chi connectivity index (χ2v) is 7.62. The van der Waals surface area contributed by atoms with E-state index in [0.29, 0.717) is 5.92 Å². The van der Waals surface area contributed by atoms with Crippen LogP contribution in [0.25, 0.3) is 0 Å². The molecular formula is C16H21ClN2OS2. The van der Waals surface area contributed by atoms with E-state index in [0.717, 1.165) is 26.2 Å². The Labute approximate surface area is 145 Å². The van der Waals surface area contributed by atoms with Crippen LogP contribution in [0.4, 0.5) is 0 Å². The third-order valence-electron chi connectivity index (χ3n) is 4.07. The van der Waals surface area contributed by atoms with Crippen LogP contribution in [0.2, 0.25) is 0 Å². The Bertz CT molecular complexity index is 531. The maximum absolute atomic E-state index is 12.8. The number of hydrogen-bond acceptors (Lipinski definition) is 4. The molecule has 1 fully saturated rings. The van der Waals surface area contributed by atoms with E-state index < -0.39 is 0 Å². The molecule has 0 spiro atoms. The molecule has 1 atom stereocenters. The van der Waals surface area contributed by atoms with E-state index in [4.69, 9.17) is 0 Å². The summed E-state index contributed by atoms with van der Waals surface area (Å²) in [5.74, 6) is 0.876. The molecule has 1 N–H and O–H groups in total. The molecule has 6 heteroatoms. The minimum absolute atomic E-state index is 0. The van der Waals surface area contributed by atoms with Crippen LogP contribution in [0.3, 0.4) is 0 Å². The van der Waals surface area contributed by atoms with E-state index in [1.165, 1.54) is 9.75 Å². The lowest BCUT2D eigenvalue weighted by atomic mass is 9.88. The zero-order valence-electron chi connectivity index (χ0n) is 12.5. The monoisotopic (exact) mass is 356 g/mol. The third kappa shape index (κ3) is 4.10. The SMILES string of the molecule is CC(C(=O)N(Cc1cccs1)Cc1cccs1)C1CNC1.Cl. The molecule has 0 bridgehead atoms. The number of amides is 1. The minimum Gasteiger partial charge on any atom is -0.332 e. The number of nitrogens with zero attached hydrogens (tertiary/aromatic N) is 1. The summed E-state index contributed by atoms with van der Waals surface area (Å²) in [6.07, 6.45) is 0. The molecule has 2 aromatic heterocycles. The molecule has 120 valence electrons. The number of nitrogens with one attached hydrogen (secondary N) is 1. The lowest BCUT2D eigenvalue weighted by molar-refractivity contribution is -0.138. The second kappa shape index (κ2) is 8.11.